The summed E-state index contributed by atoms with van der Waals surface area (Å²) < 4.78 is 6.63. The Bertz CT molecular complexity index is 749. The summed E-state index contributed by atoms with van der Waals surface area (Å²) in [6.07, 6.45) is 2.15. The predicted octanol–water partition coefficient (Wildman–Crippen LogP) is 1.16. The highest BCUT2D eigenvalue weighted by molar-refractivity contribution is 5.46. The molecule has 8 nitrogen and oxygen atoms in total. The summed E-state index contributed by atoms with van der Waals surface area (Å²) in [5.74, 6) is 1.68. The first-order valence-corrected chi connectivity index (χ1v) is 6.56. The lowest BCUT2D eigenvalue weighted by atomic mass is 10.1. The van der Waals surface area contributed by atoms with Crippen molar-refractivity contribution < 1.29 is 4.52 Å². The smallest absolute Gasteiger partial charge is 0.200 e. The van der Waals surface area contributed by atoms with Gasteiger partial charge in [-0.3, -0.25) is 0 Å². The van der Waals surface area contributed by atoms with Crippen molar-refractivity contribution in [3.8, 4) is 0 Å². The summed E-state index contributed by atoms with van der Waals surface area (Å²) in [6, 6.07) is 6.00. The van der Waals surface area contributed by atoms with Crippen LogP contribution < -0.4 is 4.90 Å². The molecular weight excluding hydrogens is 258 g/mol. The Kier molecular flexibility index (Phi) is 2.41. The third-order valence-corrected chi connectivity index (χ3v) is 3.59. The zero-order valence-electron chi connectivity index (χ0n) is 11.0. The lowest BCUT2D eigenvalue weighted by Gasteiger charge is -2.23. The van der Waals surface area contributed by atoms with E-state index in [0.717, 1.165) is 36.7 Å². The van der Waals surface area contributed by atoms with Crippen LogP contribution in [0.4, 0.5) is 5.82 Å². The lowest BCUT2D eigenvalue weighted by Crippen LogP contribution is -2.24. The number of aromatic nitrogens is 6. The molecule has 0 spiro atoms. The van der Waals surface area contributed by atoms with Crippen molar-refractivity contribution >= 4 is 11.5 Å². The summed E-state index contributed by atoms with van der Waals surface area (Å²) in [7, 11) is 0. The molecule has 20 heavy (non-hydrogen) atoms. The Morgan fingerprint density at radius 1 is 1.35 bits per heavy atom. The number of nitrogens with zero attached hydrogens (tertiary/aromatic N) is 7. The molecule has 4 rings (SSSR count). The van der Waals surface area contributed by atoms with Gasteiger partial charge in [0.05, 0.1) is 6.04 Å². The fourth-order valence-corrected chi connectivity index (χ4v) is 2.68. The third-order valence-electron chi connectivity index (χ3n) is 3.59. The molecule has 1 aliphatic rings. The van der Waals surface area contributed by atoms with Crippen molar-refractivity contribution in [2.45, 2.75) is 25.8 Å². The maximum absolute atomic E-state index is 5.18. The third kappa shape index (κ3) is 1.72. The lowest BCUT2D eigenvalue weighted by molar-refractivity contribution is 0.385. The van der Waals surface area contributed by atoms with Gasteiger partial charge in [-0.1, -0.05) is 5.16 Å². The van der Waals surface area contributed by atoms with E-state index in [4.69, 9.17) is 4.52 Å². The van der Waals surface area contributed by atoms with Gasteiger partial charge < -0.3 is 9.42 Å². The average molecular weight is 271 g/mol. The average Bonchev–Trinajstić information content (AvgIpc) is 3.17. The number of tetrazole rings is 1. The van der Waals surface area contributed by atoms with E-state index in [1.165, 1.54) is 4.63 Å². The number of fused-ring (bicyclic) bond motifs is 1. The SMILES string of the molecule is Cc1cc([C@H]2CCCN2c2ccc3nnnn3n2)no1. The topological polar surface area (TPSA) is 85.2 Å². The van der Waals surface area contributed by atoms with Crippen LogP contribution in [0.2, 0.25) is 0 Å². The second kappa shape index (κ2) is 4.26. The van der Waals surface area contributed by atoms with Crippen LogP contribution in [0.15, 0.2) is 22.7 Å². The van der Waals surface area contributed by atoms with E-state index in [1.54, 1.807) is 0 Å². The van der Waals surface area contributed by atoms with Crippen LogP contribution in [-0.4, -0.2) is 37.0 Å². The first kappa shape index (κ1) is 11.3. The van der Waals surface area contributed by atoms with E-state index in [-0.39, 0.29) is 6.04 Å². The highest BCUT2D eigenvalue weighted by Gasteiger charge is 2.29. The van der Waals surface area contributed by atoms with Crippen LogP contribution in [0.1, 0.15) is 30.3 Å². The molecule has 0 bridgehead atoms. The van der Waals surface area contributed by atoms with Crippen molar-refractivity contribution in [2.24, 2.45) is 0 Å². The van der Waals surface area contributed by atoms with Gasteiger partial charge in [0.1, 0.15) is 11.5 Å². The van der Waals surface area contributed by atoms with Crippen molar-refractivity contribution in [3.63, 3.8) is 0 Å². The van der Waals surface area contributed by atoms with E-state index >= 15 is 0 Å². The van der Waals surface area contributed by atoms with Gasteiger partial charge in [-0.15, -0.1) is 14.8 Å². The zero-order chi connectivity index (χ0) is 13.5. The summed E-state index contributed by atoms with van der Waals surface area (Å²) in [5.41, 5.74) is 1.60. The first-order valence-electron chi connectivity index (χ1n) is 6.56. The molecule has 0 radical (unpaired) electrons. The Labute approximate surface area is 114 Å². The van der Waals surface area contributed by atoms with Crippen molar-refractivity contribution in [1.29, 1.82) is 0 Å². The minimum atomic E-state index is 0.203. The van der Waals surface area contributed by atoms with Crippen LogP contribution in [0.25, 0.3) is 5.65 Å². The van der Waals surface area contributed by atoms with Gasteiger partial charge in [-0.2, -0.15) is 0 Å². The summed E-state index contributed by atoms with van der Waals surface area (Å²) >= 11 is 0. The summed E-state index contributed by atoms with van der Waals surface area (Å²) in [4.78, 5) is 2.22. The molecule has 3 aromatic heterocycles. The van der Waals surface area contributed by atoms with E-state index in [9.17, 15) is 0 Å². The zero-order valence-corrected chi connectivity index (χ0v) is 11.0. The van der Waals surface area contributed by atoms with Gasteiger partial charge in [0.15, 0.2) is 11.5 Å². The molecule has 3 aromatic rings. The second-order valence-corrected chi connectivity index (χ2v) is 4.93. The standard InChI is InChI=1S/C12H13N7O/c1-8-7-9(15-20-8)10-3-2-6-18(10)12-5-4-11-13-16-17-19(11)14-12/h4-5,7,10H,2-3,6H2,1H3/t10-/m1/s1. The largest absolute Gasteiger partial charge is 0.361 e. The highest BCUT2D eigenvalue weighted by Crippen LogP contribution is 2.34. The number of hydrogen-bond acceptors (Lipinski definition) is 7. The molecular formula is C12H13N7O. The number of rotatable bonds is 2. The summed E-state index contributed by atoms with van der Waals surface area (Å²) in [5, 5.41) is 19.9. The van der Waals surface area contributed by atoms with Crippen LogP contribution >= 0.6 is 0 Å². The highest BCUT2D eigenvalue weighted by atomic mass is 16.5. The molecule has 1 fully saturated rings. The molecule has 1 atom stereocenters. The molecule has 1 saturated heterocycles. The normalized spacial score (nSPS) is 19.1. The molecule has 4 heterocycles. The van der Waals surface area contributed by atoms with Crippen molar-refractivity contribution in [1.82, 2.24) is 30.4 Å². The molecule has 1 aliphatic heterocycles. The predicted molar refractivity (Wildman–Crippen MR) is 69.1 cm³/mol. The maximum atomic E-state index is 5.18. The molecule has 0 saturated carbocycles. The minimum Gasteiger partial charge on any atom is -0.361 e. The molecule has 8 heteroatoms. The molecule has 0 amide bonds. The molecule has 102 valence electrons. The fraction of sp³-hybridized carbons (Fsp3) is 0.417. The molecule has 0 unspecified atom stereocenters. The van der Waals surface area contributed by atoms with Crippen LogP contribution in [0.3, 0.4) is 0 Å². The Morgan fingerprint density at radius 3 is 3.15 bits per heavy atom. The molecule has 0 aromatic carbocycles. The van der Waals surface area contributed by atoms with Crippen LogP contribution in [0, 0.1) is 6.92 Å². The Balaban J connectivity index is 1.72. The van der Waals surface area contributed by atoms with Gasteiger partial charge in [0.2, 0.25) is 0 Å². The Hall–Kier alpha value is -2.51. The van der Waals surface area contributed by atoms with Gasteiger partial charge in [0, 0.05) is 12.6 Å². The quantitative estimate of drug-likeness (QED) is 0.691. The first-order chi connectivity index (χ1) is 9.81. The van der Waals surface area contributed by atoms with Gasteiger partial charge in [0.25, 0.3) is 0 Å². The van der Waals surface area contributed by atoms with E-state index < -0.39 is 0 Å². The van der Waals surface area contributed by atoms with E-state index in [2.05, 4.69) is 30.7 Å². The number of anilines is 1. The van der Waals surface area contributed by atoms with E-state index in [0.29, 0.717) is 5.65 Å². The van der Waals surface area contributed by atoms with Gasteiger partial charge in [-0.05, 0) is 42.3 Å². The summed E-state index contributed by atoms with van der Waals surface area (Å²) in [6.45, 7) is 2.85. The second-order valence-electron chi connectivity index (χ2n) is 4.93. The molecule has 0 N–H and O–H groups in total. The van der Waals surface area contributed by atoms with E-state index in [1.807, 2.05) is 25.1 Å². The Morgan fingerprint density at radius 2 is 2.30 bits per heavy atom. The monoisotopic (exact) mass is 271 g/mol. The van der Waals surface area contributed by atoms with Gasteiger partial charge >= 0.3 is 0 Å². The van der Waals surface area contributed by atoms with Gasteiger partial charge in [-0.25, -0.2) is 0 Å². The maximum Gasteiger partial charge on any atom is 0.200 e. The van der Waals surface area contributed by atoms with Crippen molar-refractivity contribution in [2.75, 3.05) is 11.4 Å². The molecule has 0 aliphatic carbocycles. The van der Waals surface area contributed by atoms with Crippen LogP contribution in [-0.2, 0) is 0 Å². The van der Waals surface area contributed by atoms with Crippen LogP contribution in [0.5, 0.6) is 0 Å². The number of aryl methyl sites for hydroxylation is 1. The minimum absolute atomic E-state index is 0.203. The number of hydrogen-bond donors (Lipinski definition) is 0. The van der Waals surface area contributed by atoms with Crippen molar-refractivity contribution in [3.05, 3.63) is 29.7 Å². The fourth-order valence-electron chi connectivity index (χ4n) is 2.68.